The molecule has 2 aromatic carbocycles. The Hall–Kier alpha value is -4.77. The first-order chi connectivity index (χ1) is 18.3. The fourth-order valence-electron chi connectivity index (χ4n) is 3.94. The minimum absolute atomic E-state index is 0.0827. The summed E-state index contributed by atoms with van der Waals surface area (Å²) in [6.45, 7) is 1.70. The van der Waals surface area contributed by atoms with E-state index in [1.165, 1.54) is 43.6 Å². The monoisotopic (exact) mass is 534 g/mol. The summed E-state index contributed by atoms with van der Waals surface area (Å²) in [6.07, 6.45) is 1.39. The minimum atomic E-state index is -0.821. The molecule has 3 heterocycles. The summed E-state index contributed by atoms with van der Waals surface area (Å²) in [6, 6.07) is 13.2. The Morgan fingerprint density at radius 3 is 2.76 bits per heavy atom. The van der Waals surface area contributed by atoms with Crippen LogP contribution in [0.2, 0.25) is 5.02 Å². The summed E-state index contributed by atoms with van der Waals surface area (Å²) in [7, 11) is 1.26. The van der Waals surface area contributed by atoms with Gasteiger partial charge < -0.3 is 19.8 Å². The number of ether oxygens (including phenoxy) is 1. The number of methoxy groups -OCH3 is 1. The molecule has 12 heteroatoms. The van der Waals surface area contributed by atoms with Crippen molar-refractivity contribution < 1.29 is 23.1 Å². The fraction of sp³-hybridized carbons (Fsp3) is 0.115. The second kappa shape index (κ2) is 10.3. The van der Waals surface area contributed by atoms with Crippen LogP contribution in [-0.2, 0) is 9.53 Å². The van der Waals surface area contributed by atoms with Crippen LogP contribution in [-0.4, -0.2) is 34.9 Å². The lowest BCUT2D eigenvalue weighted by Gasteiger charge is -2.26. The van der Waals surface area contributed by atoms with E-state index in [-0.39, 0.29) is 34.5 Å². The number of fused-ring (bicyclic) bond motifs is 1. The molecule has 4 aromatic rings. The maximum atomic E-state index is 13.6. The molecule has 3 N–H and O–H groups in total. The van der Waals surface area contributed by atoms with Crippen LogP contribution >= 0.6 is 11.6 Å². The van der Waals surface area contributed by atoms with Crippen molar-refractivity contribution in [3.8, 4) is 0 Å². The number of anilines is 2. The van der Waals surface area contributed by atoms with E-state index in [9.17, 15) is 14.0 Å². The van der Waals surface area contributed by atoms with Crippen molar-refractivity contribution in [2.24, 2.45) is 4.99 Å². The number of hydrogen-bond acceptors (Lipinski definition) is 9. The number of pyridine rings is 1. The highest BCUT2D eigenvalue weighted by atomic mass is 35.5. The van der Waals surface area contributed by atoms with Crippen molar-refractivity contribution in [1.29, 1.82) is 0 Å². The first-order valence-electron chi connectivity index (χ1n) is 11.3. The molecule has 10 nitrogen and oxygen atoms in total. The standard InChI is InChI=1S/C26H20ClFN6O4/c1-13-21(23(35)32-20-11-14(9-10-29-20)24(36)37-2)22(16-5-3-4-6-17(16)27)33-25(30-13)34-26-31-18-8-7-15(28)12-19(18)38-26/h3-12,22H,1-2H3,(H,29,32,35)(H2,30,31,33,34). The number of nitrogens with zero attached hydrogens (tertiary/aromatic N) is 3. The number of carbonyl (C=O) groups is 2. The van der Waals surface area contributed by atoms with Crippen molar-refractivity contribution in [1.82, 2.24) is 15.3 Å². The van der Waals surface area contributed by atoms with E-state index >= 15 is 0 Å². The molecule has 0 saturated heterocycles. The number of nitrogens with one attached hydrogen (secondary N) is 3. The summed E-state index contributed by atoms with van der Waals surface area (Å²) in [5.41, 5.74) is 2.28. The quantitative estimate of drug-likeness (QED) is 0.310. The maximum absolute atomic E-state index is 13.6. The molecular weight excluding hydrogens is 515 g/mol. The molecular formula is C26H20ClFN6O4. The van der Waals surface area contributed by atoms with Crippen LogP contribution < -0.4 is 16.0 Å². The molecule has 1 aliphatic rings. The number of halogens is 2. The number of carbonyl (C=O) groups excluding carboxylic acids is 2. The second-order valence-electron chi connectivity index (χ2n) is 8.20. The number of allylic oxidation sites excluding steroid dienone is 1. The number of aromatic nitrogens is 2. The SMILES string of the molecule is COC(=O)c1ccnc(NC(=O)C2=C(C)NC(Nc3nc4ccc(F)cc4o3)=NC2c2ccccc2Cl)c1. The van der Waals surface area contributed by atoms with Crippen molar-refractivity contribution in [2.45, 2.75) is 13.0 Å². The first-order valence-corrected chi connectivity index (χ1v) is 11.7. The van der Waals surface area contributed by atoms with E-state index in [2.05, 4.69) is 30.9 Å². The summed E-state index contributed by atoms with van der Waals surface area (Å²) < 4.78 is 23.9. The van der Waals surface area contributed by atoms with Crippen LogP contribution in [0, 0.1) is 5.82 Å². The topological polar surface area (TPSA) is 131 Å². The summed E-state index contributed by atoms with van der Waals surface area (Å²) >= 11 is 6.49. The van der Waals surface area contributed by atoms with Crippen LogP contribution in [0.3, 0.4) is 0 Å². The average molecular weight is 535 g/mol. The van der Waals surface area contributed by atoms with Gasteiger partial charge >= 0.3 is 12.0 Å². The van der Waals surface area contributed by atoms with E-state index in [1.807, 2.05) is 0 Å². The highest BCUT2D eigenvalue weighted by molar-refractivity contribution is 6.31. The fourth-order valence-corrected chi connectivity index (χ4v) is 4.18. The molecule has 0 fully saturated rings. The van der Waals surface area contributed by atoms with Crippen molar-refractivity contribution in [2.75, 3.05) is 17.7 Å². The molecule has 38 heavy (non-hydrogen) atoms. The van der Waals surface area contributed by atoms with Gasteiger partial charge in [0.2, 0.25) is 5.96 Å². The molecule has 0 radical (unpaired) electrons. The van der Waals surface area contributed by atoms with Crippen LogP contribution in [0.15, 0.2) is 81.5 Å². The van der Waals surface area contributed by atoms with Crippen molar-refractivity contribution >= 4 is 52.4 Å². The normalized spacial score (nSPS) is 15.1. The molecule has 1 amide bonds. The summed E-state index contributed by atoms with van der Waals surface area (Å²) in [5.74, 6) is -1.12. The third kappa shape index (κ3) is 5.04. The largest absolute Gasteiger partial charge is 0.465 e. The lowest BCUT2D eigenvalue weighted by Crippen LogP contribution is -2.37. The van der Waals surface area contributed by atoms with Gasteiger partial charge in [-0.25, -0.2) is 19.2 Å². The van der Waals surface area contributed by atoms with Gasteiger partial charge in [-0.15, -0.1) is 0 Å². The molecule has 192 valence electrons. The molecule has 0 aliphatic carbocycles. The molecule has 1 atom stereocenters. The van der Waals surface area contributed by atoms with E-state index in [0.29, 0.717) is 21.8 Å². The predicted octanol–water partition coefficient (Wildman–Crippen LogP) is 4.83. The Labute approximate surface area is 220 Å². The van der Waals surface area contributed by atoms with Gasteiger partial charge in [-0.1, -0.05) is 29.8 Å². The van der Waals surface area contributed by atoms with Gasteiger partial charge in [-0.3, -0.25) is 10.1 Å². The van der Waals surface area contributed by atoms with Crippen LogP contribution in [0.25, 0.3) is 11.1 Å². The van der Waals surface area contributed by atoms with E-state index in [0.717, 1.165) is 0 Å². The lowest BCUT2D eigenvalue weighted by atomic mass is 9.95. The van der Waals surface area contributed by atoms with Gasteiger partial charge in [-0.2, -0.15) is 4.98 Å². The van der Waals surface area contributed by atoms with Gasteiger partial charge in [0.15, 0.2) is 5.58 Å². The number of oxazole rings is 1. The molecule has 1 unspecified atom stereocenters. The van der Waals surface area contributed by atoms with Gasteiger partial charge in [0.25, 0.3) is 5.91 Å². The minimum Gasteiger partial charge on any atom is -0.465 e. The number of aliphatic imine (C=N–C) groups is 1. The van der Waals surface area contributed by atoms with Gasteiger partial charge in [0, 0.05) is 28.5 Å². The zero-order chi connectivity index (χ0) is 26.8. The number of guanidine groups is 1. The number of rotatable bonds is 5. The number of esters is 1. The lowest BCUT2D eigenvalue weighted by molar-refractivity contribution is -0.113. The van der Waals surface area contributed by atoms with Crippen LogP contribution in [0.1, 0.15) is 28.9 Å². The molecule has 0 bridgehead atoms. The zero-order valence-electron chi connectivity index (χ0n) is 20.1. The second-order valence-corrected chi connectivity index (χ2v) is 8.60. The highest BCUT2D eigenvalue weighted by Gasteiger charge is 2.31. The Morgan fingerprint density at radius 1 is 1.16 bits per heavy atom. The van der Waals surface area contributed by atoms with Gasteiger partial charge in [0.1, 0.15) is 23.2 Å². The van der Waals surface area contributed by atoms with Crippen LogP contribution in [0.4, 0.5) is 16.2 Å². The van der Waals surface area contributed by atoms with Gasteiger partial charge in [-0.05, 0) is 37.3 Å². The zero-order valence-corrected chi connectivity index (χ0v) is 20.8. The Bertz CT molecular complexity index is 1630. The first kappa shape index (κ1) is 24.9. The van der Waals surface area contributed by atoms with Gasteiger partial charge in [0.05, 0.1) is 18.2 Å². The maximum Gasteiger partial charge on any atom is 0.338 e. The summed E-state index contributed by atoms with van der Waals surface area (Å²) in [4.78, 5) is 38.5. The van der Waals surface area contributed by atoms with Crippen molar-refractivity contribution in [3.63, 3.8) is 0 Å². The number of benzene rings is 2. The van der Waals surface area contributed by atoms with E-state index in [1.54, 1.807) is 31.2 Å². The smallest absolute Gasteiger partial charge is 0.338 e. The third-order valence-corrected chi connectivity index (χ3v) is 6.03. The predicted molar refractivity (Wildman–Crippen MR) is 139 cm³/mol. The molecule has 2 aromatic heterocycles. The highest BCUT2D eigenvalue weighted by Crippen LogP contribution is 2.35. The Balaban J connectivity index is 1.47. The Morgan fingerprint density at radius 2 is 1.97 bits per heavy atom. The number of hydrogen-bond donors (Lipinski definition) is 3. The third-order valence-electron chi connectivity index (χ3n) is 5.68. The van der Waals surface area contributed by atoms with E-state index in [4.69, 9.17) is 20.8 Å². The van der Waals surface area contributed by atoms with Crippen molar-refractivity contribution in [3.05, 3.63) is 94.0 Å². The van der Waals surface area contributed by atoms with Crippen LogP contribution in [0.5, 0.6) is 0 Å². The molecule has 0 saturated carbocycles. The molecule has 0 spiro atoms. The Kier molecular flexibility index (Phi) is 6.75. The molecule has 1 aliphatic heterocycles. The number of amides is 1. The van der Waals surface area contributed by atoms with E-state index < -0.39 is 23.7 Å². The summed E-state index contributed by atoms with van der Waals surface area (Å²) in [5, 5.41) is 9.10. The average Bonchev–Trinajstić information content (AvgIpc) is 3.29. The molecule has 5 rings (SSSR count).